The molecule has 6 rings (SSSR count). The van der Waals surface area contributed by atoms with Crippen LogP contribution < -0.4 is 15.8 Å². The van der Waals surface area contributed by atoms with Crippen molar-refractivity contribution in [2.24, 2.45) is 5.73 Å². The molecule has 2 saturated heterocycles. The van der Waals surface area contributed by atoms with E-state index in [0.29, 0.717) is 22.3 Å². The fourth-order valence-electron chi connectivity index (χ4n) is 6.67. The SMILES string of the molecule is COc1ccc(F)cc1C1(C)CC(CNc2cc(C)cc3c2cnn3-c2cccc(C(=O)N3C[C@H](O)C[C@@H]3C(N)=O)c2)(C(F)(F)F)O1. The molecule has 0 spiro atoms. The van der Waals surface area contributed by atoms with E-state index in [-0.39, 0.29) is 29.8 Å². The molecular weight excluding hydrogens is 622 g/mol. The number of rotatable bonds is 8. The van der Waals surface area contributed by atoms with Gasteiger partial charge in [-0.1, -0.05) is 6.07 Å². The summed E-state index contributed by atoms with van der Waals surface area (Å²) in [5.74, 6) is -1.59. The Morgan fingerprint density at radius 3 is 2.62 bits per heavy atom. The Morgan fingerprint density at radius 1 is 1.19 bits per heavy atom. The normalized spacial score (nSPS) is 24.3. The van der Waals surface area contributed by atoms with Crippen molar-refractivity contribution in [1.82, 2.24) is 14.7 Å². The number of aliphatic hydroxyl groups excluding tert-OH is 1. The number of hydrogen-bond donors (Lipinski definition) is 3. The second kappa shape index (κ2) is 11.5. The second-order valence-corrected chi connectivity index (χ2v) is 12.3. The number of primary amides is 1. The number of amides is 2. The summed E-state index contributed by atoms with van der Waals surface area (Å²) in [7, 11) is 1.35. The van der Waals surface area contributed by atoms with E-state index in [4.69, 9.17) is 15.2 Å². The smallest absolute Gasteiger partial charge is 0.419 e. The summed E-state index contributed by atoms with van der Waals surface area (Å²) < 4.78 is 70.2. The number of aliphatic hydroxyl groups is 1. The molecule has 248 valence electrons. The number of hydrogen-bond acceptors (Lipinski definition) is 7. The molecule has 4 aromatic rings. The number of nitrogens with one attached hydrogen (secondary N) is 1. The fourth-order valence-corrected chi connectivity index (χ4v) is 6.67. The number of likely N-dealkylation sites (tertiary alicyclic amines) is 1. The highest BCUT2D eigenvalue weighted by atomic mass is 19.4. The van der Waals surface area contributed by atoms with E-state index in [1.807, 2.05) is 6.07 Å². The fraction of sp³-hybridized carbons (Fsp3) is 0.364. The van der Waals surface area contributed by atoms with Gasteiger partial charge in [0, 0.05) is 41.6 Å². The van der Waals surface area contributed by atoms with Crippen molar-refractivity contribution < 1.29 is 41.7 Å². The summed E-state index contributed by atoms with van der Waals surface area (Å²) >= 11 is 0. The number of nitrogens with zero attached hydrogens (tertiary/aromatic N) is 3. The predicted molar refractivity (Wildman–Crippen MR) is 164 cm³/mol. The summed E-state index contributed by atoms with van der Waals surface area (Å²) in [6.45, 7) is 2.60. The van der Waals surface area contributed by atoms with Crippen LogP contribution in [0.4, 0.5) is 23.2 Å². The van der Waals surface area contributed by atoms with Gasteiger partial charge in [-0.25, -0.2) is 9.07 Å². The third kappa shape index (κ3) is 5.65. The number of β-amino-alcohol motifs (C(OH)–C–C–N with tert-alkyl or cyclic N) is 1. The molecule has 1 aromatic heterocycles. The molecular formula is C33H33F4N5O5. The van der Waals surface area contributed by atoms with E-state index >= 15 is 0 Å². The van der Waals surface area contributed by atoms with Gasteiger partial charge in [-0.3, -0.25) is 9.59 Å². The first kappa shape index (κ1) is 32.3. The molecule has 14 heteroatoms. The van der Waals surface area contributed by atoms with Gasteiger partial charge in [-0.15, -0.1) is 0 Å². The average Bonchev–Trinajstić information content (AvgIpc) is 3.61. The van der Waals surface area contributed by atoms with Crippen LogP contribution in [0.15, 0.2) is 60.8 Å². The molecule has 47 heavy (non-hydrogen) atoms. The minimum atomic E-state index is -4.75. The van der Waals surface area contributed by atoms with Crippen molar-refractivity contribution in [3.8, 4) is 11.4 Å². The highest BCUT2D eigenvalue weighted by molar-refractivity contribution is 5.98. The number of halogens is 4. The Balaban J connectivity index is 1.27. The highest BCUT2D eigenvalue weighted by Gasteiger charge is 2.68. The lowest BCUT2D eigenvalue weighted by molar-refractivity contribution is -0.380. The number of ether oxygens (including phenoxy) is 2. The maximum absolute atomic E-state index is 14.5. The van der Waals surface area contributed by atoms with Crippen molar-refractivity contribution in [2.75, 3.05) is 25.5 Å². The Kier molecular flexibility index (Phi) is 7.91. The van der Waals surface area contributed by atoms with Crippen molar-refractivity contribution in [3.05, 3.63) is 83.3 Å². The van der Waals surface area contributed by atoms with Crippen LogP contribution in [0.2, 0.25) is 0 Å². The Morgan fingerprint density at radius 2 is 1.94 bits per heavy atom. The van der Waals surface area contributed by atoms with Crippen molar-refractivity contribution >= 4 is 28.4 Å². The van der Waals surface area contributed by atoms with Gasteiger partial charge < -0.3 is 30.5 Å². The van der Waals surface area contributed by atoms with Crippen LogP contribution in [0.25, 0.3) is 16.6 Å². The number of carbonyl (C=O) groups excluding carboxylic acids is 2. The van der Waals surface area contributed by atoms with E-state index in [0.717, 1.165) is 11.6 Å². The first-order valence-corrected chi connectivity index (χ1v) is 14.9. The van der Waals surface area contributed by atoms with Gasteiger partial charge in [0.1, 0.15) is 17.6 Å². The molecule has 4 N–H and O–H groups in total. The van der Waals surface area contributed by atoms with Crippen LogP contribution >= 0.6 is 0 Å². The van der Waals surface area contributed by atoms with Crippen LogP contribution in [0, 0.1) is 12.7 Å². The largest absolute Gasteiger partial charge is 0.496 e. The third-order valence-corrected chi connectivity index (χ3v) is 8.89. The molecule has 10 nitrogen and oxygen atoms in total. The zero-order valence-electron chi connectivity index (χ0n) is 25.8. The minimum Gasteiger partial charge on any atom is -0.496 e. The molecule has 0 radical (unpaired) electrons. The maximum atomic E-state index is 14.5. The van der Waals surface area contributed by atoms with Gasteiger partial charge in [0.2, 0.25) is 5.91 Å². The Hall–Kier alpha value is -4.69. The number of aryl methyl sites for hydroxylation is 1. The lowest BCUT2D eigenvalue weighted by Crippen LogP contribution is -2.67. The monoisotopic (exact) mass is 655 g/mol. The first-order chi connectivity index (χ1) is 22.1. The first-order valence-electron chi connectivity index (χ1n) is 14.9. The highest BCUT2D eigenvalue weighted by Crippen LogP contribution is 2.57. The van der Waals surface area contributed by atoms with Gasteiger partial charge in [0.15, 0.2) is 5.60 Å². The quantitative estimate of drug-likeness (QED) is 0.237. The maximum Gasteiger partial charge on any atom is 0.419 e. The van der Waals surface area contributed by atoms with Crippen LogP contribution in [0.1, 0.15) is 41.3 Å². The van der Waals surface area contributed by atoms with E-state index in [1.54, 1.807) is 41.9 Å². The van der Waals surface area contributed by atoms with Gasteiger partial charge in [-0.2, -0.15) is 18.3 Å². The van der Waals surface area contributed by atoms with E-state index in [1.165, 1.54) is 37.3 Å². The number of nitrogens with two attached hydrogens (primary N) is 1. The molecule has 2 fully saturated rings. The third-order valence-electron chi connectivity index (χ3n) is 8.89. The van der Waals surface area contributed by atoms with Gasteiger partial charge >= 0.3 is 6.18 Å². The predicted octanol–water partition coefficient (Wildman–Crippen LogP) is 4.59. The topological polar surface area (TPSA) is 132 Å². The van der Waals surface area contributed by atoms with Crippen LogP contribution in [0.3, 0.4) is 0 Å². The van der Waals surface area contributed by atoms with Crippen LogP contribution in [-0.4, -0.2) is 75.7 Å². The zero-order chi connectivity index (χ0) is 33.9. The van der Waals surface area contributed by atoms with Gasteiger partial charge in [0.05, 0.1) is 42.8 Å². The number of carbonyl (C=O) groups is 2. The van der Waals surface area contributed by atoms with E-state index in [9.17, 15) is 32.3 Å². The number of alkyl halides is 3. The molecule has 0 bridgehead atoms. The summed E-state index contributed by atoms with van der Waals surface area (Å²) in [6.07, 6.45) is -4.54. The van der Waals surface area contributed by atoms with Crippen molar-refractivity contribution in [3.63, 3.8) is 0 Å². The van der Waals surface area contributed by atoms with E-state index in [2.05, 4.69) is 10.4 Å². The average molecular weight is 656 g/mol. The number of anilines is 1. The van der Waals surface area contributed by atoms with E-state index < -0.39 is 60.1 Å². The molecule has 2 aliphatic heterocycles. The standard InChI is InChI=1S/C33H33F4N5O5/c1-18-9-25(39-17-32(33(35,36)37)16-31(2,47-32)24-12-20(34)7-8-28(24)46-3)23-14-40-42(26(23)10-18)21-6-4-5-19(11-21)30(45)41-15-22(43)13-27(41)29(38)44/h4-12,14,22,27,39,43H,13,15-17H2,1-3H3,(H2,38,44)/t22-,27-,31?,32?/m1/s1. The lowest BCUT2D eigenvalue weighted by atomic mass is 9.75. The molecule has 2 aliphatic rings. The summed E-state index contributed by atoms with van der Waals surface area (Å²) in [4.78, 5) is 26.5. The second-order valence-electron chi connectivity index (χ2n) is 12.3. The van der Waals surface area contributed by atoms with Crippen LogP contribution in [0.5, 0.6) is 5.75 Å². The number of aromatic nitrogens is 2. The molecule has 2 unspecified atom stereocenters. The number of benzene rings is 3. The Labute approximate surface area is 267 Å². The van der Waals surface area contributed by atoms with Gasteiger partial charge in [0.25, 0.3) is 5.91 Å². The molecule has 2 amide bonds. The summed E-state index contributed by atoms with van der Waals surface area (Å²) in [6, 6.07) is 12.7. The number of methoxy groups -OCH3 is 1. The van der Waals surface area contributed by atoms with Gasteiger partial charge in [-0.05, 0) is 67.9 Å². The molecule has 3 aromatic carbocycles. The molecule has 4 atom stereocenters. The Bertz CT molecular complexity index is 1870. The van der Waals surface area contributed by atoms with Crippen molar-refractivity contribution in [1.29, 1.82) is 0 Å². The zero-order valence-corrected chi connectivity index (χ0v) is 25.8. The lowest BCUT2D eigenvalue weighted by Gasteiger charge is -2.55. The minimum absolute atomic E-state index is 0.0341. The number of fused-ring (bicyclic) bond motifs is 1. The van der Waals surface area contributed by atoms with Crippen molar-refractivity contribution in [2.45, 2.75) is 56.2 Å². The molecule has 0 aliphatic carbocycles. The van der Waals surface area contributed by atoms with Crippen LogP contribution in [-0.2, 0) is 15.1 Å². The molecule has 0 saturated carbocycles. The molecule has 3 heterocycles. The summed E-state index contributed by atoms with van der Waals surface area (Å²) in [5.41, 5.74) is 4.05. The summed E-state index contributed by atoms with van der Waals surface area (Å²) in [5, 5.41) is 18.0.